The minimum atomic E-state index is -0.234. The van der Waals surface area contributed by atoms with Gasteiger partial charge in [-0.15, -0.1) is 0 Å². The molecule has 0 aromatic carbocycles. The van der Waals surface area contributed by atoms with Crippen molar-refractivity contribution in [2.45, 2.75) is 32.2 Å². The maximum Gasteiger partial charge on any atom is 0.319 e. The molecule has 1 fully saturated rings. The third-order valence-corrected chi connectivity index (χ3v) is 3.15. The van der Waals surface area contributed by atoms with Crippen LogP contribution in [0.3, 0.4) is 0 Å². The van der Waals surface area contributed by atoms with Crippen LogP contribution in [0.15, 0.2) is 12.5 Å². The molecule has 1 aliphatic carbocycles. The van der Waals surface area contributed by atoms with E-state index in [0.717, 1.165) is 12.8 Å². The number of urea groups is 1. The predicted octanol–water partition coefficient (Wildman–Crippen LogP) is 1.80. The highest BCUT2D eigenvalue weighted by Crippen LogP contribution is 2.25. The van der Waals surface area contributed by atoms with Gasteiger partial charge >= 0.3 is 6.03 Å². The second-order valence-corrected chi connectivity index (χ2v) is 4.66. The number of aromatic nitrogens is 2. The van der Waals surface area contributed by atoms with Crippen LogP contribution in [0.2, 0.25) is 0 Å². The van der Waals surface area contributed by atoms with E-state index in [1.807, 2.05) is 0 Å². The molecule has 0 radical (unpaired) electrons. The fraction of sp³-hybridized carbons (Fsp3) is 0.583. The van der Waals surface area contributed by atoms with Crippen molar-refractivity contribution in [3.63, 3.8) is 0 Å². The standard InChI is InChI=1S/C12H18N4O2/c1-8-3-4-9(5-8)15-12(17)16-10-6-13-7-14-11(10)18-2/h6-9H,3-5H2,1-2H3,(H2,15,16,17)/t8-,9+/m1/s1. The lowest BCUT2D eigenvalue weighted by Gasteiger charge is -2.14. The molecule has 0 bridgehead atoms. The third-order valence-electron chi connectivity index (χ3n) is 3.15. The number of carbonyl (C=O) groups is 1. The number of hydrogen-bond acceptors (Lipinski definition) is 4. The van der Waals surface area contributed by atoms with Crippen LogP contribution in [0.4, 0.5) is 10.5 Å². The average molecular weight is 250 g/mol. The molecule has 18 heavy (non-hydrogen) atoms. The maximum atomic E-state index is 11.8. The van der Waals surface area contributed by atoms with E-state index in [2.05, 4.69) is 27.5 Å². The number of rotatable bonds is 3. The van der Waals surface area contributed by atoms with Crippen LogP contribution in [0.25, 0.3) is 0 Å². The third kappa shape index (κ3) is 3.09. The van der Waals surface area contributed by atoms with Crippen LogP contribution in [0.1, 0.15) is 26.2 Å². The molecule has 1 heterocycles. The Morgan fingerprint density at radius 2 is 2.33 bits per heavy atom. The van der Waals surface area contributed by atoms with E-state index in [1.165, 1.54) is 26.1 Å². The van der Waals surface area contributed by atoms with E-state index in [9.17, 15) is 4.79 Å². The Morgan fingerprint density at radius 3 is 3.00 bits per heavy atom. The Labute approximate surface area is 106 Å². The van der Waals surface area contributed by atoms with Gasteiger partial charge in [0.1, 0.15) is 12.0 Å². The average Bonchev–Trinajstić information content (AvgIpc) is 2.75. The number of methoxy groups -OCH3 is 1. The topological polar surface area (TPSA) is 76.1 Å². The molecule has 0 saturated heterocycles. The van der Waals surface area contributed by atoms with Crippen molar-refractivity contribution >= 4 is 11.7 Å². The number of carbonyl (C=O) groups excluding carboxylic acids is 1. The molecule has 0 unspecified atom stereocenters. The largest absolute Gasteiger partial charge is 0.479 e. The molecule has 2 rings (SSSR count). The quantitative estimate of drug-likeness (QED) is 0.857. The first-order valence-corrected chi connectivity index (χ1v) is 6.10. The summed E-state index contributed by atoms with van der Waals surface area (Å²) in [7, 11) is 1.50. The first-order chi connectivity index (χ1) is 8.69. The number of amides is 2. The minimum Gasteiger partial charge on any atom is -0.479 e. The van der Waals surface area contributed by atoms with Crippen LogP contribution in [-0.4, -0.2) is 29.2 Å². The molecule has 0 aliphatic heterocycles. The summed E-state index contributed by atoms with van der Waals surface area (Å²) in [6.07, 6.45) is 6.14. The zero-order chi connectivity index (χ0) is 13.0. The molecule has 6 heteroatoms. The lowest BCUT2D eigenvalue weighted by Crippen LogP contribution is -2.36. The number of nitrogens with one attached hydrogen (secondary N) is 2. The van der Waals surface area contributed by atoms with Crippen molar-refractivity contribution in [2.75, 3.05) is 12.4 Å². The molecule has 1 saturated carbocycles. The molecule has 2 N–H and O–H groups in total. The zero-order valence-electron chi connectivity index (χ0n) is 10.6. The van der Waals surface area contributed by atoms with Gasteiger partial charge in [0.15, 0.2) is 0 Å². The van der Waals surface area contributed by atoms with Gasteiger partial charge in [0.05, 0.1) is 13.3 Å². The summed E-state index contributed by atoms with van der Waals surface area (Å²) in [4.78, 5) is 19.6. The molecular formula is C12H18N4O2. The highest BCUT2D eigenvalue weighted by atomic mass is 16.5. The van der Waals surface area contributed by atoms with E-state index in [-0.39, 0.29) is 12.1 Å². The molecule has 2 atom stereocenters. The Hall–Kier alpha value is -1.85. The van der Waals surface area contributed by atoms with Gasteiger partial charge in [-0.05, 0) is 25.2 Å². The molecular weight excluding hydrogens is 232 g/mol. The minimum absolute atomic E-state index is 0.234. The van der Waals surface area contributed by atoms with E-state index in [0.29, 0.717) is 17.5 Å². The first-order valence-electron chi connectivity index (χ1n) is 6.10. The van der Waals surface area contributed by atoms with Crippen LogP contribution < -0.4 is 15.4 Å². The number of anilines is 1. The van der Waals surface area contributed by atoms with Crippen LogP contribution in [-0.2, 0) is 0 Å². The monoisotopic (exact) mass is 250 g/mol. The Morgan fingerprint density at radius 1 is 1.50 bits per heavy atom. The molecule has 98 valence electrons. The van der Waals surface area contributed by atoms with Crippen LogP contribution >= 0.6 is 0 Å². The van der Waals surface area contributed by atoms with Crippen molar-refractivity contribution in [2.24, 2.45) is 5.92 Å². The van der Waals surface area contributed by atoms with E-state index >= 15 is 0 Å². The van der Waals surface area contributed by atoms with Crippen molar-refractivity contribution < 1.29 is 9.53 Å². The number of ether oxygens (including phenoxy) is 1. The van der Waals surface area contributed by atoms with Gasteiger partial charge in [-0.1, -0.05) is 6.92 Å². The SMILES string of the molecule is COc1ncncc1NC(=O)N[C@H]1CC[C@@H](C)C1. The van der Waals surface area contributed by atoms with Gasteiger partial charge in [0, 0.05) is 6.04 Å². The summed E-state index contributed by atoms with van der Waals surface area (Å²) in [6, 6.07) is 0.0258. The lowest BCUT2D eigenvalue weighted by atomic mass is 10.1. The maximum absolute atomic E-state index is 11.8. The number of nitrogens with zero attached hydrogens (tertiary/aromatic N) is 2. The predicted molar refractivity (Wildman–Crippen MR) is 67.5 cm³/mol. The van der Waals surface area contributed by atoms with Gasteiger partial charge < -0.3 is 15.4 Å². The Bertz CT molecular complexity index is 424. The second-order valence-electron chi connectivity index (χ2n) is 4.66. The van der Waals surface area contributed by atoms with Gasteiger partial charge in [-0.2, -0.15) is 4.98 Å². The Kier molecular flexibility index (Phi) is 3.96. The zero-order valence-corrected chi connectivity index (χ0v) is 10.6. The summed E-state index contributed by atoms with van der Waals surface area (Å²) < 4.78 is 5.04. The highest BCUT2D eigenvalue weighted by Gasteiger charge is 2.22. The van der Waals surface area contributed by atoms with Crippen LogP contribution in [0, 0.1) is 5.92 Å². The van der Waals surface area contributed by atoms with Crippen LogP contribution in [0.5, 0.6) is 5.88 Å². The fourth-order valence-electron chi connectivity index (χ4n) is 2.25. The van der Waals surface area contributed by atoms with Crippen molar-refractivity contribution in [1.29, 1.82) is 0 Å². The summed E-state index contributed by atoms with van der Waals surface area (Å²) in [5.41, 5.74) is 0.476. The van der Waals surface area contributed by atoms with Crippen molar-refractivity contribution in [3.05, 3.63) is 12.5 Å². The summed E-state index contributed by atoms with van der Waals surface area (Å²) in [6.45, 7) is 2.20. The first kappa shape index (κ1) is 12.6. The lowest BCUT2D eigenvalue weighted by molar-refractivity contribution is 0.248. The molecule has 6 nitrogen and oxygen atoms in total. The number of hydrogen-bond donors (Lipinski definition) is 2. The summed E-state index contributed by atoms with van der Waals surface area (Å²) >= 11 is 0. The fourth-order valence-corrected chi connectivity index (χ4v) is 2.25. The smallest absolute Gasteiger partial charge is 0.319 e. The Balaban J connectivity index is 1.91. The van der Waals surface area contributed by atoms with E-state index < -0.39 is 0 Å². The van der Waals surface area contributed by atoms with Gasteiger partial charge in [0.25, 0.3) is 0 Å². The highest BCUT2D eigenvalue weighted by molar-refractivity contribution is 5.90. The van der Waals surface area contributed by atoms with E-state index in [1.54, 1.807) is 0 Å². The second kappa shape index (κ2) is 5.66. The molecule has 1 aliphatic rings. The van der Waals surface area contributed by atoms with Crippen molar-refractivity contribution in [3.8, 4) is 5.88 Å². The van der Waals surface area contributed by atoms with Gasteiger partial charge in [-0.3, -0.25) is 0 Å². The normalized spacial score (nSPS) is 22.6. The molecule has 0 spiro atoms. The summed E-state index contributed by atoms with van der Waals surface area (Å²) in [5.74, 6) is 1.05. The molecule has 1 aromatic rings. The molecule has 2 amide bonds. The van der Waals surface area contributed by atoms with Crippen molar-refractivity contribution in [1.82, 2.24) is 15.3 Å². The van der Waals surface area contributed by atoms with E-state index in [4.69, 9.17) is 4.74 Å². The van der Waals surface area contributed by atoms with Gasteiger partial charge in [0.2, 0.25) is 5.88 Å². The summed E-state index contributed by atoms with van der Waals surface area (Å²) in [5, 5.41) is 5.65. The molecule has 1 aromatic heterocycles. The van der Waals surface area contributed by atoms with Gasteiger partial charge in [-0.25, -0.2) is 9.78 Å².